The predicted molar refractivity (Wildman–Crippen MR) is 130 cm³/mol. The summed E-state index contributed by atoms with van der Waals surface area (Å²) in [6, 6.07) is 13.0. The lowest BCUT2D eigenvalue weighted by Gasteiger charge is -2.40. The predicted octanol–water partition coefficient (Wildman–Crippen LogP) is 5.14. The lowest BCUT2D eigenvalue weighted by Crippen LogP contribution is -2.42. The number of allylic oxidation sites excluding steroid dienone is 2. The van der Waals surface area contributed by atoms with E-state index in [-0.39, 0.29) is 18.3 Å². The van der Waals surface area contributed by atoms with Crippen LogP contribution in [0.2, 0.25) is 5.02 Å². The molecule has 1 N–H and O–H groups in total. The van der Waals surface area contributed by atoms with Crippen molar-refractivity contribution in [1.82, 2.24) is 5.32 Å². The molecule has 7 heteroatoms. The van der Waals surface area contributed by atoms with Crippen molar-refractivity contribution in [2.24, 2.45) is 5.92 Å². The first-order valence-corrected chi connectivity index (χ1v) is 11.6. The fourth-order valence-electron chi connectivity index (χ4n) is 4.96. The van der Waals surface area contributed by atoms with Crippen molar-refractivity contribution >= 4 is 23.4 Å². The van der Waals surface area contributed by atoms with Gasteiger partial charge in [-0.2, -0.15) is 0 Å². The second-order valence-corrected chi connectivity index (χ2v) is 8.82. The minimum atomic E-state index is -0.750. The van der Waals surface area contributed by atoms with Gasteiger partial charge in [-0.25, -0.2) is 0 Å². The highest BCUT2D eigenvalue weighted by molar-refractivity contribution is 6.31. The Labute approximate surface area is 204 Å². The van der Waals surface area contributed by atoms with Gasteiger partial charge in [-0.15, -0.1) is 0 Å². The molecule has 1 aliphatic heterocycles. The van der Waals surface area contributed by atoms with Gasteiger partial charge >= 0.3 is 5.97 Å². The number of ketones is 1. The zero-order valence-electron chi connectivity index (χ0n) is 19.5. The van der Waals surface area contributed by atoms with Crippen LogP contribution in [0.1, 0.15) is 42.7 Å². The highest BCUT2D eigenvalue weighted by Crippen LogP contribution is 2.49. The molecule has 0 aromatic heterocycles. The number of nitrogens with one attached hydrogen (secondary N) is 1. The molecule has 0 bridgehead atoms. The van der Waals surface area contributed by atoms with E-state index in [9.17, 15) is 9.59 Å². The number of carbonyl (C=O) groups excluding carboxylic acids is 2. The molecular weight excluding hydrogens is 454 g/mol. The summed E-state index contributed by atoms with van der Waals surface area (Å²) in [5.74, 6) is -0.572. The summed E-state index contributed by atoms with van der Waals surface area (Å²) in [6.45, 7) is 6.12. The van der Waals surface area contributed by atoms with Crippen LogP contribution in [0.3, 0.4) is 0 Å². The topological polar surface area (TPSA) is 73.9 Å². The highest BCUT2D eigenvalue weighted by Gasteiger charge is 2.46. The molecule has 0 saturated carbocycles. The standard InChI is InChI=1S/C27H28ClNO5/c1-5-34-27(31)24-15(2)29-20-12-17(16-10-11-22(32-3)23(14-16)33-4)13-21(30)26(20)25(24)18-8-6-7-9-19(18)28/h6-11,14,17,24-25,29H,2,5,12-13H2,1,3-4H3. The first kappa shape index (κ1) is 23.9. The number of rotatable bonds is 6. The van der Waals surface area contributed by atoms with Crippen LogP contribution in [-0.2, 0) is 14.3 Å². The summed E-state index contributed by atoms with van der Waals surface area (Å²) in [6.07, 6.45) is 0.894. The number of methoxy groups -OCH3 is 2. The normalized spacial score (nSPS) is 22.1. The van der Waals surface area contributed by atoms with Gasteiger partial charge in [0, 0.05) is 34.3 Å². The molecule has 2 aromatic carbocycles. The minimum absolute atomic E-state index is 0.0275. The molecule has 0 spiro atoms. The van der Waals surface area contributed by atoms with Gasteiger partial charge < -0.3 is 19.5 Å². The molecule has 1 aliphatic carbocycles. The number of benzene rings is 2. The van der Waals surface area contributed by atoms with E-state index < -0.39 is 17.8 Å². The molecule has 0 amide bonds. The number of Topliss-reactive ketones (excluding diaryl/α,β-unsaturated/α-hetero) is 1. The fourth-order valence-corrected chi connectivity index (χ4v) is 5.22. The minimum Gasteiger partial charge on any atom is -0.493 e. The smallest absolute Gasteiger partial charge is 0.315 e. The largest absolute Gasteiger partial charge is 0.493 e. The third-order valence-electron chi connectivity index (χ3n) is 6.50. The van der Waals surface area contributed by atoms with E-state index in [0.717, 1.165) is 16.8 Å². The maximum atomic E-state index is 13.6. The molecule has 0 saturated heterocycles. The number of hydrogen-bond acceptors (Lipinski definition) is 6. The maximum absolute atomic E-state index is 13.6. The molecule has 2 aromatic rings. The Morgan fingerprint density at radius 3 is 2.53 bits per heavy atom. The van der Waals surface area contributed by atoms with Crippen molar-refractivity contribution < 1.29 is 23.8 Å². The Hall–Kier alpha value is -3.25. The van der Waals surface area contributed by atoms with E-state index in [1.807, 2.05) is 36.4 Å². The van der Waals surface area contributed by atoms with Crippen LogP contribution < -0.4 is 14.8 Å². The highest BCUT2D eigenvalue weighted by atomic mass is 35.5. The van der Waals surface area contributed by atoms with Crippen LogP contribution in [0.4, 0.5) is 0 Å². The fraction of sp³-hybridized carbons (Fsp3) is 0.333. The Morgan fingerprint density at radius 1 is 1.12 bits per heavy atom. The third kappa shape index (κ3) is 4.30. The zero-order valence-corrected chi connectivity index (χ0v) is 20.3. The summed E-state index contributed by atoms with van der Waals surface area (Å²) in [5.41, 5.74) is 3.55. The maximum Gasteiger partial charge on any atom is 0.315 e. The molecule has 6 nitrogen and oxygen atoms in total. The average molecular weight is 482 g/mol. The van der Waals surface area contributed by atoms with E-state index in [1.165, 1.54) is 0 Å². The molecular formula is C27H28ClNO5. The van der Waals surface area contributed by atoms with Crippen molar-refractivity contribution in [1.29, 1.82) is 0 Å². The van der Waals surface area contributed by atoms with Crippen molar-refractivity contribution in [2.75, 3.05) is 20.8 Å². The molecule has 34 heavy (non-hydrogen) atoms. The van der Waals surface area contributed by atoms with E-state index >= 15 is 0 Å². The first-order valence-electron chi connectivity index (χ1n) is 11.2. The monoisotopic (exact) mass is 481 g/mol. The summed E-state index contributed by atoms with van der Waals surface area (Å²) in [7, 11) is 3.18. The number of ether oxygens (including phenoxy) is 3. The number of esters is 1. The van der Waals surface area contributed by atoms with Crippen LogP contribution in [-0.4, -0.2) is 32.6 Å². The first-order chi connectivity index (χ1) is 16.4. The van der Waals surface area contributed by atoms with Gasteiger partial charge in [-0.1, -0.05) is 42.4 Å². The Balaban J connectivity index is 1.78. The van der Waals surface area contributed by atoms with E-state index in [2.05, 4.69) is 11.9 Å². The number of carbonyl (C=O) groups is 2. The molecule has 1 heterocycles. The van der Waals surface area contributed by atoms with Gasteiger partial charge in [-0.05, 0) is 48.6 Å². The second-order valence-electron chi connectivity index (χ2n) is 8.41. The van der Waals surface area contributed by atoms with Crippen molar-refractivity contribution in [2.45, 2.75) is 31.6 Å². The molecule has 0 fully saturated rings. The summed E-state index contributed by atoms with van der Waals surface area (Å²) in [4.78, 5) is 26.6. The summed E-state index contributed by atoms with van der Waals surface area (Å²) < 4.78 is 16.2. The summed E-state index contributed by atoms with van der Waals surface area (Å²) in [5, 5.41) is 3.77. The SMILES string of the molecule is C=C1NC2=C(C(=O)CC(c3ccc(OC)c(OC)c3)C2)C(c2ccccc2Cl)C1C(=O)OCC. The summed E-state index contributed by atoms with van der Waals surface area (Å²) >= 11 is 6.56. The molecule has 4 rings (SSSR count). The molecule has 0 radical (unpaired) electrons. The molecule has 3 unspecified atom stereocenters. The molecule has 178 valence electrons. The lowest BCUT2D eigenvalue weighted by molar-refractivity contribution is -0.147. The van der Waals surface area contributed by atoms with Crippen molar-refractivity contribution in [3.8, 4) is 11.5 Å². The molecule has 3 atom stereocenters. The van der Waals surface area contributed by atoms with Crippen molar-refractivity contribution in [3.05, 3.63) is 82.2 Å². The molecule has 2 aliphatic rings. The van der Waals surface area contributed by atoms with Gasteiger partial charge in [0.2, 0.25) is 0 Å². The van der Waals surface area contributed by atoms with E-state index in [4.69, 9.17) is 25.8 Å². The van der Waals surface area contributed by atoms with Gasteiger partial charge in [0.1, 0.15) is 5.92 Å². The average Bonchev–Trinajstić information content (AvgIpc) is 2.83. The van der Waals surface area contributed by atoms with Gasteiger partial charge in [-0.3, -0.25) is 9.59 Å². The van der Waals surface area contributed by atoms with Crippen LogP contribution >= 0.6 is 11.6 Å². The van der Waals surface area contributed by atoms with Crippen LogP contribution in [0.15, 0.2) is 66.0 Å². The van der Waals surface area contributed by atoms with Crippen LogP contribution in [0, 0.1) is 5.92 Å². The second kappa shape index (κ2) is 9.94. The Bertz CT molecular complexity index is 1170. The van der Waals surface area contributed by atoms with Gasteiger partial charge in [0.15, 0.2) is 17.3 Å². The van der Waals surface area contributed by atoms with Crippen LogP contribution in [0.25, 0.3) is 0 Å². The third-order valence-corrected chi connectivity index (χ3v) is 6.84. The Kier molecular flexibility index (Phi) is 6.98. The van der Waals surface area contributed by atoms with Gasteiger partial charge in [0.05, 0.1) is 20.8 Å². The van der Waals surface area contributed by atoms with E-state index in [0.29, 0.717) is 40.6 Å². The quantitative estimate of drug-likeness (QED) is 0.576. The van der Waals surface area contributed by atoms with Crippen molar-refractivity contribution in [3.63, 3.8) is 0 Å². The van der Waals surface area contributed by atoms with E-state index in [1.54, 1.807) is 27.2 Å². The Morgan fingerprint density at radius 2 is 1.85 bits per heavy atom. The number of halogens is 1. The van der Waals surface area contributed by atoms with Gasteiger partial charge in [0.25, 0.3) is 0 Å². The number of hydrogen-bond donors (Lipinski definition) is 1. The lowest BCUT2D eigenvalue weighted by atomic mass is 9.69. The van der Waals surface area contributed by atoms with Crippen LogP contribution in [0.5, 0.6) is 11.5 Å². The zero-order chi connectivity index (χ0) is 24.4.